The number of hydrogen-bond acceptors (Lipinski definition) is 1. The van der Waals surface area contributed by atoms with Crippen molar-refractivity contribution in [1.29, 1.82) is 0 Å². The quantitative estimate of drug-likeness (QED) is 0.138. The third-order valence-electron chi connectivity index (χ3n) is 11.7. The van der Waals surface area contributed by atoms with Gasteiger partial charge in [0.2, 0.25) is 0 Å². The Morgan fingerprint density at radius 3 is 0.793 bits per heavy atom. The van der Waals surface area contributed by atoms with Crippen LogP contribution in [0.3, 0.4) is 0 Å². The maximum absolute atomic E-state index is 5.65. The molecule has 82 heavy (non-hydrogen) atoms. The van der Waals surface area contributed by atoms with E-state index in [0.717, 1.165) is 11.2 Å². The SMILES string of the molecule is CC(C)(C)C.CC(C)(C)C.CC(C)(C)C.CC(C)(C)C.CC(C)(C)c1ccccc1.CC1(C)c2ccccc2-c2ccccc21.c1ccc2c(c1)ccc1ccccc12.c1ccc2c(c1)oc1ccccc12.c1ccc2ccccc2c1. The van der Waals surface area contributed by atoms with Crippen LogP contribution in [0.1, 0.15) is 162 Å². The largest absolute Gasteiger partial charge is 0.456 e. The summed E-state index contributed by atoms with van der Waals surface area (Å²) in [6, 6.07) is 82.3. The Morgan fingerprint density at radius 1 is 0.244 bits per heavy atom. The molecule has 0 radical (unpaired) electrons. The molecule has 1 aromatic heterocycles. The molecule has 0 fully saturated rings. The molecule has 1 aliphatic rings. The Balaban J connectivity index is 0.000000205. The first kappa shape index (κ1) is 67.3. The molecule has 1 heteroatoms. The summed E-state index contributed by atoms with van der Waals surface area (Å²) in [4.78, 5) is 0. The van der Waals surface area contributed by atoms with Crippen LogP contribution in [0.15, 0.2) is 241 Å². The van der Waals surface area contributed by atoms with Gasteiger partial charge in [0.25, 0.3) is 0 Å². The lowest BCUT2D eigenvalue weighted by Gasteiger charge is -2.20. The molecule has 0 amide bonds. The molecule has 0 saturated carbocycles. The zero-order valence-corrected chi connectivity index (χ0v) is 54.4. The summed E-state index contributed by atoms with van der Waals surface area (Å²) >= 11 is 0. The first-order chi connectivity index (χ1) is 38.2. The number of furan rings is 1. The monoisotopic (exact) mass is 1090 g/mol. The van der Waals surface area contributed by atoms with Crippen molar-refractivity contribution >= 4 is 54.3 Å². The van der Waals surface area contributed by atoms with E-state index in [1.54, 1.807) is 0 Å². The fourth-order valence-corrected chi connectivity index (χ4v) is 8.37. The average molecular weight is 1090 g/mol. The second-order valence-corrected chi connectivity index (χ2v) is 29.3. The Hall–Kier alpha value is -7.22. The topological polar surface area (TPSA) is 13.1 Å². The zero-order chi connectivity index (χ0) is 60.9. The van der Waals surface area contributed by atoms with Gasteiger partial charge >= 0.3 is 0 Å². The molecule has 0 spiro atoms. The average Bonchev–Trinajstić information content (AvgIpc) is 3.14. The van der Waals surface area contributed by atoms with E-state index in [9.17, 15) is 0 Å². The van der Waals surface area contributed by atoms with E-state index in [2.05, 4.69) is 346 Å². The van der Waals surface area contributed by atoms with Crippen LogP contribution in [-0.4, -0.2) is 0 Å². The van der Waals surface area contributed by atoms with E-state index in [1.807, 2.05) is 36.4 Å². The van der Waals surface area contributed by atoms with Gasteiger partial charge in [0.15, 0.2) is 0 Å². The molecule has 0 N–H and O–H groups in total. The molecule has 0 aliphatic heterocycles. The minimum absolute atomic E-state index is 0.160. The molecule has 11 aromatic rings. The normalized spacial score (nSPS) is 12.1. The second kappa shape index (κ2) is 30.2. The van der Waals surface area contributed by atoms with E-state index in [4.69, 9.17) is 4.42 Å². The van der Waals surface area contributed by atoms with E-state index in [1.165, 1.54) is 70.9 Å². The predicted octanol–water partition coefficient (Wildman–Crippen LogP) is 25.6. The molecule has 0 unspecified atom stereocenters. The third kappa shape index (κ3) is 24.5. The molecule has 1 heterocycles. The van der Waals surface area contributed by atoms with Crippen LogP contribution in [0.5, 0.6) is 0 Å². The highest BCUT2D eigenvalue weighted by Gasteiger charge is 2.34. The summed E-state index contributed by atoms with van der Waals surface area (Å²) in [6.07, 6.45) is 0. The van der Waals surface area contributed by atoms with Gasteiger partial charge in [-0.1, -0.05) is 370 Å². The third-order valence-corrected chi connectivity index (χ3v) is 11.7. The van der Waals surface area contributed by atoms with Gasteiger partial charge in [-0.05, 0) is 99.3 Å². The Labute approximate surface area is 498 Å². The number of para-hydroxylation sites is 2. The number of rotatable bonds is 0. The summed E-state index contributed by atoms with van der Waals surface area (Å²) in [6.45, 7) is 46.3. The van der Waals surface area contributed by atoms with Gasteiger partial charge < -0.3 is 4.42 Å². The zero-order valence-electron chi connectivity index (χ0n) is 54.4. The van der Waals surface area contributed by atoms with Gasteiger partial charge in [0, 0.05) is 16.2 Å². The summed E-state index contributed by atoms with van der Waals surface area (Å²) in [5.74, 6) is 0. The molecule has 0 bridgehead atoms. The second-order valence-electron chi connectivity index (χ2n) is 29.3. The molecule has 12 rings (SSSR count). The van der Waals surface area contributed by atoms with Gasteiger partial charge in [-0.2, -0.15) is 0 Å². The molecular formula is C81H102O. The highest BCUT2D eigenvalue weighted by atomic mass is 16.3. The molecule has 1 aliphatic carbocycles. The minimum atomic E-state index is 0.160. The summed E-state index contributed by atoms with van der Waals surface area (Å²) in [5.41, 5.74) is 11.5. The highest BCUT2D eigenvalue weighted by Crippen LogP contribution is 2.48. The smallest absolute Gasteiger partial charge is 0.135 e. The number of hydrogen-bond donors (Lipinski definition) is 0. The van der Waals surface area contributed by atoms with E-state index < -0.39 is 0 Å². The lowest BCUT2D eigenvalue weighted by Crippen LogP contribution is -2.14. The van der Waals surface area contributed by atoms with Gasteiger partial charge in [-0.15, -0.1) is 0 Å². The molecule has 10 aromatic carbocycles. The van der Waals surface area contributed by atoms with E-state index >= 15 is 0 Å². The van der Waals surface area contributed by atoms with Gasteiger partial charge in [-0.3, -0.25) is 0 Å². The maximum Gasteiger partial charge on any atom is 0.135 e. The van der Waals surface area contributed by atoms with Crippen molar-refractivity contribution in [2.45, 2.75) is 156 Å². The molecular weight excluding hydrogens is 989 g/mol. The standard InChI is InChI=1S/C15H14.C14H10.C12H8O.C10H8.C10H14.4C5H12/c1-15(2)13-9-5-3-7-11(13)12-8-4-6-10-14(12)15;1-3-7-13-11(5-1)9-10-12-6-2-4-8-14(12)13;1-3-7-11-9(5-1)10-6-2-4-8-12(10)13-11;1-2-6-10-8-4-3-7-9(10)5-1;1-10(2,3)9-7-5-4-6-8-9;4*1-5(2,3)4/h3-10H,1-2H3;1-10H;1-8H;1-8H;4-8H,1-3H3;4*1-4H3. The van der Waals surface area contributed by atoms with Crippen molar-refractivity contribution in [3.05, 3.63) is 253 Å². The van der Waals surface area contributed by atoms with Crippen LogP contribution in [0.2, 0.25) is 0 Å². The number of fused-ring (bicyclic) bond motifs is 10. The van der Waals surface area contributed by atoms with E-state index in [0.29, 0.717) is 27.1 Å². The van der Waals surface area contributed by atoms with Crippen LogP contribution >= 0.6 is 0 Å². The van der Waals surface area contributed by atoms with Crippen LogP contribution in [-0.2, 0) is 10.8 Å². The van der Waals surface area contributed by atoms with Crippen LogP contribution in [0.25, 0.3) is 65.4 Å². The van der Waals surface area contributed by atoms with E-state index in [-0.39, 0.29) is 5.41 Å². The Bertz CT molecular complexity index is 3320. The van der Waals surface area contributed by atoms with Gasteiger partial charge in [0.05, 0.1) is 0 Å². The first-order valence-corrected chi connectivity index (χ1v) is 29.6. The first-order valence-electron chi connectivity index (χ1n) is 29.6. The Kier molecular flexibility index (Phi) is 24.8. The van der Waals surface area contributed by atoms with Crippen LogP contribution in [0, 0.1) is 21.7 Å². The Morgan fingerprint density at radius 2 is 0.488 bits per heavy atom. The lowest BCUT2D eigenvalue weighted by molar-refractivity contribution is 0.469. The van der Waals surface area contributed by atoms with Crippen molar-refractivity contribution in [2.75, 3.05) is 0 Å². The van der Waals surface area contributed by atoms with Crippen molar-refractivity contribution < 1.29 is 4.42 Å². The van der Waals surface area contributed by atoms with Gasteiger partial charge in [-0.25, -0.2) is 0 Å². The number of benzene rings is 10. The fraction of sp³-hybridized carbons (Fsp3) is 0.333. The van der Waals surface area contributed by atoms with Crippen molar-refractivity contribution in [1.82, 2.24) is 0 Å². The molecule has 1 nitrogen and oxygen atoms in total. The summed E-state index contributed by atoms with van der Waals surface area (Å²) in [5, 5.41) is 10.3. The predicted molar refractivity (Wildman–Crippen MR) is 369 cm³/mol. The molecule has 0 saturated heterocycles. The minimum Gasteiger partial charge on any atom is -0.456 e. The van der Waals surface area contributed by atoms with Crippen LogP contribution in [0.4, 0.5) is 0 Å². The lowest BCUT2D eigenvalue weighted by atomic mass is 9.82. The highest BCUT2D eigenvalue weighted by molar-refractivity contribution is 6.07. The van der Waals surface area contributed by atoms with Crippen molar-refractivity contribution in [3.63, 3.8) is 0 Å². The van der Waals surface area contributed by atoms with Crippen molar-refractivity contribution in [3.8, 4) is 11.1 Å². The molecule has 0 atom stereocenters. The summed E-state index contributed by atoms with van der Waals surface area (Å²) < 4.78 is 5.65. The fourth-order valence-electron chi connectivity index (χ4n) is 8.37. The summed E-state index contributed by atoms with van der Waals surface area (Å²) in [7, 11) is 0. The maximum atomic E-state index is 5.65. The van der Waals surface area contributed by atoms with Crippen molar-refractivity contribution in [2.24, 2.45) is 21.7 Å². The van der Waals surface area contributed by atoms with Gasteiger partial charge in [0.1, 0.15) is 11.2 Å². The van der Waals surface area contributed by atoms with Crippen LogP contribution < -0.4 is 0 Å². The molecule has 432 valence electrons.